The molecule has 4 nitrogen and oxygen atoms in total. The van der Waals surface area contributed by atoms with Crippen molar-refractivity contribution >= 4 is 21.4 Å². The van der Waals surface area contributed by atoms with E-state index >= 15 is 0 Å². The highest BCUT2D eigenvalue weighted by Crippen LogP contribution is 2.31. The number of thiophene rings is 1. The minimum atomic E-state index is -3.33. The second kappa shape index (κ2) is 7.22. The summed E-state index contributed by atoms with van der Waals surface area (Å²) in [5, 5.41) is 5.26. The van der Waals surface area contributed by atoms with Crippen LogP contribution in [0.1, 0.15) is 45.6 Å². The summed E-state index contributed by atoms with van der Waals surface area (Å²) >= 11 is 1.34. The highest BCUT2D eigenvalue weighted by Gasteiger charge is 2.35. The van der Waals surface area contributed by atoms with Crippen molar-refractivity contribution in [2.24, 2.45) is 5.92 Å². The number of sulfonamides is 1. The van der Waals surface area contributed by atoms with Crippen molar-refractivity contribution < 1.29 is 8.42 Å². The quantitative estimate of drug-likeness (QED) is 0.816. The first-order chi connectivity index (χ1) is 9.96. The van der Waals surface area contributed by atoms with Gasteiger partial charge in [0.25, 0.3) is 10.0 Å². The molecule has 1 aromatic heterocycles. The number of rotatable bonds is 6. The minimum Gasteiger partial charge on any atom is -0.313 e. The summed E-state index contributed by atoms with van der Waals surface area (Å²) in [4.78, 5) is 0. The van der Waals surface area contributed by atoms with E-state index in [1.54, 1.807) is 4.31 Å². The Morgan fingerprint density at radius 1 is 1.43 bits per heavy atom. The van der Waals surface area contributed by atoms with E-state index in [1.165, 1.54) is 11.3 Å². The third kappa shape index (κ3) is 3.86. The Bertz CT molecular complexity index is 554. The number of piperidine rings is 1. The van der Waals surface area contributed by atoms with Crippen LogP contribution < -0.4 is 5.32 Å². The van der Waals surface area contributed by atoms with Crippen LogP contribution in [0.4, 0.5) is 0 Å². The normalized spacial score (nSPS) is 24.3. The number of hydrogen-bond acceptors (Lipinski definition) is 4. The van der Waals surface area contributed by atoms with Crippen LogP contribution in [0.2, 0.25) is 0 Å². The largest absolute Gasteiger partial charge is 0.313 e. The standard InChI is InChI=1S/C15H26N2O2S2/c1-4-7-16-10-14-9-15(20-11-14)21(18,19)17-8-5-6-12(2)13(17)3/h9,11-13,16H,4-8,10H2,1-3H3. The molecule has 0 saturated carbocycles. The van der Waals surface area contributed by atoms with Gasteiger partial charge in [-0.2, -0.15) is 4.31 Å². The molecule has 0 aromatic carbocycles. The fourth-order valence-corrected chi connectivity index (χ4v) is 5.85. The molecule has 1 saturated heterocycles. The predicted octanol–water partition coefficient (Wildman–Crippen LogP) is 3.06. The van der Waals surface area contributed by atoms with Gasteiger partial charge in [-0.25, -0.2) is 8.42 Å². The average Bonchev–Trinajstić information content (AvgIpc) is 2.91. The van der Waals surface area contributed by atoms with Crippen molar-refractivity contribution in [2.45, 2.75) is 56.8 Å². The number of hydrogen-bond donors (Lipinski definition) is 1. The summed E-state index contributed by atoms with van der Waals surface area (Å²) in [5.74, 6) is 0.430. The molecule has 2 heterocycles. The van der Waals surface area contributed by atoms with Gasteiger partial charge in [0, 0.05) is 19.1 Å². The first-order valence-electron chi connectivity index (χ1n) is 7.76. The van der Waals surface area contributed by atoms with Gasteiger partial charge >= 0.3 is 0 Å². The zero-order valence-electron chi connectivity index (χ0n) is 13.1. The highest BCUT2D eigenvalue weighted by molar-refractivity contribution is 7.91. The monoisotopic (exact) mass is 330 g/mol. The van der Waals surface area contributed by atoms with Crippen molar-refractivity contribution in [3.05, 3.63) is 17.0 Å². The van der Waals surface area contributed by atoms with Crippen molar-refractivity contribution in [3.8, 4) is 0 Å². The summed E-state index contributed by atoms with van der Waals surface area (Å²) in [6, 6.07) is 1.92. The van der Waals surface area contributed by atoms with E-state index < -0.39 is 10.0 Å². The number of nitrogens with one attached hydrogen (secondary N) is 1. The lowest BCUT2D eigenvalue weighted by atomic mass is 9.94. The van der Waals surface area contributed by atoms with Gasteiger partial charge in [0.15, 0.2) is 0 Å². The molecule has 1 fully saturated rings. The van der Waals surface area contributed by atoms with Crippen molar-refractivity contribution in [2.75, 3.05) is 13.1 Å². The Morgan fingerprint density at radius 2 is 2.19 bits per heavy atom. The third-order valence-corrected chi connectivity index (χ3v) is 7.71. The van der Waals surface area contributed by atoms with Gasteiger partial charge < -0.3 is 5.32 Å². The molecule has 0 amide bonds. The highest BCUT2D eigenvalue weighted by atomic mass is 32.2. The molecule has 1 N–H and O–H groups in total. The zero-order chi connectivity index (χ0) is 15.5. The lowest BCUT2D eigenvalue weighted by Crippen LogP contribution is -2.45. The van der Waals surface area contributed by atoms with E-state index in [-0.39, 0.29) is 6.04 Å². The van der Waals surface area contributed by atoms with Crippen molar-refractivity contribution in [3.63, 3.8) is 0 Å². The molecule has 1 aliphatic rings. The average molecular weight is 331 g/mol. The second-order valence-corrected chi connectivity index (χ2v) is 8.96. The summed E-state index contributed by atoms with van der Waals surface area (Å²) < 4.78 is 27.8. The fraction of sp³-hybridized carbons (Fsp3) is 0.733. The van der Waals surface area contributed by atoms with Crippen LogP contribution in [-0.4, -0.2) is 31.9 Å². The van der Waals surface area contributed by atoms with Crippen LogP contribution in [0.3, 0.4) is 0 Å². The van der Waals surface area contributed by atoms with Gasteiger partial charge in [-0.15, -0.1) is 11.3 Å². The molecule has 2 rings (SSSR count). The van der Waals surface area contributed by atoms with Crippen molar-refractivity contribution in [1.82, 2.24) is 9.62 Å². The zero-order valence-corrected chi connectivity index (χ0v) is 14.8. The van der Waals surface area contributed by atoms with Gasteiger partial charge in [-0.1, -0.05) is 13.8 Å². The minimum absolute atomic E-state index is 0.0903. The van der Waals surface area contributed by atoms with Crippen LogP contribution in [0.15, 0.2) is 15.7 Å². The van der Waals surface area contributed by atoms with Crippen LogP contribution in [-0.2, 0) is 16.6 Å². The Labute approximate surface area is 132 Å². The van der Waals surface area contributed by atoms with E-state index in [1.807, 2.05) is 18.4 Å². The summed E-state index contributed by atoms with van der Waals surface area (Å²) in [7, 11) is -3.33. The fourth-order valence-electron chi connectivity index (χ4n) is 2.74. The van der Waals surface area contributed by atoms with E-state index in [2.05, 4.69) is 19.2 Å². The maximum absolute atomic E-state index is 12.8. The van der Waals surface area contributed by atoms with E-state index in [9.17, 15) is 8.42 Å². The van der Waals surface area contributed by atoms with E-state index in [0.29, 0.717) is 16.7 Å². The van der Waals surface area contributed by atoms with Gasteiger partial charge in [-0.05, 0) is 55.7 Å². The van der Waals surface area contributed by atoms with Crippen LogP contribution in [0, 0.1) is 5.92 Å². The molecule has 21 heavy (non-hydrogen) atoms. The maximum atomic E-state index is 12.8. The first-order valence-corrected chi connectivity index (χ1v) is 10.1. The van der Waals surface area contributed by atoms with Crippen LogP contribution in [0.25, 0.3) is 0 Å². The Hall–Kier alpha value is -0.430. The lowest BCUT2D eigenvalue weighted by molar-refractivity contribution is 0.202. The predicted molar refractivity (Wildman–Crippen MR) is 88.1 cm³/mol. The first kappa shape index (κ1) is 16.9. The smallest absolute Gasteiger partial charge is 0.252 e. The molecule has 2 unspecified atom stereocenters. The molecule has 1 aromatic rings. The van der Waals surface area contributed by atoms with Crippen LogP contribution >= 0.6 is 11.3 Å². The second-order valence-electron chi connectivity index (χ2n) is 5.93. The molecular weight excluding hydrogens is 304 g/mol. The molecule has 0 aliphatic carbocycles. The molecule has 120 valence electrons. The van der Waals surface area contributed by atoms with E-state index in [0.717, 1.165) is 37.9 Å². The van der Waals surface area contributed by atoms with Gasteiger partial charge in [-0.3, -0.25) is 0 Å². The Balaban J connectivity index is 2.12. The lowest BCUT2D eigenvalue weighted by Gasteiger charge is -2.36. The number of nitrogens with zero attached hydrogens (tertiary/aromatic N) is 1. The SMILES string of the molecule is CCCNCc1csc(S(=O)(=O)N2CCCC(C)C2C)c1. The Kier molecular flexibility index (Phi) is 5.82. The molecule has 0 radical (unpaired) electrons. The Morgan fingerprint density at radius 3 is 2.90 bits per heavy atom. The van der Waals surface area contributed by atoms with Crippen molar-refractivity contribution in [1.29, 1.82) is 0 Å². The van der Waals surface area contributed by atoms with Gasteiger partial charge in [0.05, 0.1) is 0 Å². The molecular formula is C15H26N2O2S2. The molecule has 1 aliphatic heterocycles. The molecule has 6 heteroatoms. The van der Waals surface area contributed by atoms with E-state index in [4.69, 9.17) is 0 Å². The summed E-state index contributed by atoms with van der Waals surface area (Å²) in [6.07, 6.45) is 3.16. The topological polar surface area (TPSA) is 49.4 Å². The van der Waals surface area contributed by atoms with Gasteiger partial charge in [0.2, 0.25) is 0 Å². The van der Waals surface area contributed by atoms with Gasteiger partial charge in [0.1, 0.15) is 4.21 Å². The third-order valence-electron chi connectivity index (χ3n) is 4.26. The maximum Gasteiger partial charge on any atom is 0.252 e. The molecule has 0 bridgehead atoms. The van der Waals surface area contributed by atoms with Crippen LogP contribution in [0.5, 0.6) is 0 Å². The molecule has 2 atom stereocenters. The molecule has 0 spiro atoms. The summed E-state index contributed by atoms with van der Waals surface area (Å²) in [5.41, 5.74) is 1.06. The summed E-state index contributed by atoms with van der Waals surface area (Å²) in [6.45, 7) is 8.63.